The summed E-state index contributed by atoms with van der Waals surface area (Å²) < 4.78 is 0. The topological polar surface area (TPSA) is 53.5 Å². The molecule has 1 atom stereocenters. The number of aromatic nitrogens is 1. The van der Waals surface area contributed by atoms with Gasteiger partial charge in [0, 0.05) is 32.1 Å². The lowest BCUT2D eigenvalue weighted by molar-refractivity contribution is -0.135. The molecule has 1 spiro atoms. The summed E-state index contributed by atoms with van der Waals surface area (Å²) in [5.74, 6) is 0.275. The monoisotopic (exact) mass is 307 g/mol. The minimum Gasteiger partial charge on any atom is -0.345 e. The van der Waals surface area contributed by atoms with Gasteiger partial charge in [0.25, 0.3) is 5.91 Å². The van der Waals surface area contributed by atoms with Crippen LogP contribution in [0.25, 0.3) is 0 Å². The molecular weight excluding hydrogens is 286 g/mol. The van der Waals surface area contributed by atoms with Crippen molar-refractivity contribution in [1.29, 1.82) is 0 Å². The predicted octanol–water partition coefficient (Wildman–Crippen LogP) is 1.93. The maximum atomic E-state index is 12.5. The summed E-state index contributed by atoms with van der Waals surface area (Å²) in [6.07, 6.45) is 3.51. The van der Waals surface area contributed by atoms with Crippen molar-refractivity contribution < 1.29 is 9.59 Å². The highest BCUT2D eigenvalue weighted by Gasteiger charge is 2.46. The molecular formula is C15H21N3O2S. The number of likely N-dealkylation sites (tertiary alicyclic amines) is 2. The molecule has 3 heterocycles. The van der Waals surface area contributed by atoms with Crippen molar-refractivity contribution in [2.24, 2.45) is 5.41 Å². The van der Waals surface area contributed by atoms with Crippen molar-refractivity contribution >= 4 is 23.2 Å². The highest BCUT2D eigenvalue weighted by Crippen LogP contribution is 2.41. The molecule has 2 aliphatic rings. The third kappa shape index (κ3) is 2.57. The van der Waals surface area contributed by atoms with Gasteiger partial charge in [0.15, 0.2) is 0 Å². The number of thiazole rings is 1. The van der Waals surface area contributed by atoms with E-state index in [1.807, 2.05) is 29.2 Å². The average molecular weight is 307 g/mol. The second kappa shape index (κ2) is 5.40. The van der Waals surface area contributed by atoms with Gasteiger partial charge in [-0.1, -0.05) is 0 Å². The average Bonchev–Trinajstić information content (AvgIpc) is 2.93. The van der Waals surface area contributed by atoms with Gasteiger partial charge in [-0.25, -0.2) is 4.98 Å². The fraction of sp³-hybridized carbons (Fsp3) is 0.667. The molecule has 0 bridgehead atoms. The highest BCUT2D eigenvalue weighted by molar-refractivity contribution is 7.09. The first-order chi connectivity index (χ1) is 10.0. The Balaban J connectivity index is 1.71. The fourth-order valence-electron chi connectivity index (χ4n) is 3.48. The minimum absolute atomic E-state index is 0.00944. The standard InChI is InChI=1S/C15H21N3O2S/c1-11-16-12(10-21-11)13(19)18-7-3-4-15(6-9-18)5-8-17(2)14(15)20/h10H,3-9H2,1-2H3. The molecule has 1 aromatic rings. The van der Waals surface area contributed by atoms with E-state index in [4.69, 9.17) is 0 Å². The van der Waals surface area contributed by atoms with Gasteiger partial charge in [0.1, 0.15) is 5.69 Å². The number of rotatable bonds is 1. The summed E-state index contributed by atoms with van der Waals surface area (Å²) in [6.45, 7) is 4.15. The van der Waals surface area contributed by atoms with E-state index < -0.39 is 0 Å². The van der Waals surface area contributed by atoms with Gasteiger partial charge in [-0.2, -0.15) is 0 Å². The zero-order valence-electron chi connectivity index (χ0n) is 12.6. The number of nitrogens with zero attached hydrogens (tertiary/aromatic N) is 3. The maximum absolute atomic E-state index is 12.5. The molecule has 0 radical (unpaired) electrons. The van der Waals surface area contributed by atoms with Crippen molar-refractivity contribution in [1.82, 2.24) is 14.8 Å². The van der Waals surface area contributed by atoms with Crippen molar-refractivity contribution in [2.45, 2.75) is 32.6 Å². The van der Waals surface area contributed by atoms with Crippen LogP contribution in [0.3, 0.4) is 0 Å². The summed E-state index contributed by atoms with van der Waals surface area (Å²) in [7, 11) is 1.88. The predicted molar refractivity (Wildman–Crippen MR) is 81.3 cm³/mol. The lowest BCUT2D eigenvalue weighted by atomic mass is 9.79. The number of aryl methyl sites for hydroxylation is 1. The van der Waals surface area contributed by atoms with Crippen LogP contribution in [0.15, 0.2) is 5.38 Å². The molecule has 3 rings (SSSR count). The van der Waals surface area contributed by atoms with Crippen LogP contribution in [0, 0.1) is 12.3 Å². The Morgan fingerprint density at radius 1 is 1.29 bits per heavy atom. The summed E-state index contributed by atoms with van der Waals surface area (Å²) in [5.41, 5.74) is 0.324. The summed E-state index contributed by atoms with van der Waals surface area (Å²) in [4.78, 5) is 32.9. The Morgan fingerprint density at radius 2 is 2.05 bits per heavy atom. The van der Waals surface area contributed by atoms with Crippen LogP contribution in [-0.4, -0.2) is 53.3 Å². The molecule has 2 fully saturated rings. The van der Waals surface area contributed by atoms with Crippen LogP contribution in [0.2, 0.25) is 0 Å². The van der Waals surface area contributed by atoms with Crippen molar-refractivity contribution in [3.63, 3.8) is 0 Å². The Kier molecular flexibility index (Phi) is 3.73. The van der Waals surface area contributed by atoms with Gasteiger partial charge in [0.2, 0.25) is 5.91 Å². The second-order valence-electron chi connectivity index (χ2n) is 6.15. The molecule has 6 heteroatoms. The normalized spacial score (nSPS) is 26.5. The third-order valence-electron chi connectivity index (χ3n) is 4.80. The lowest BCUT2D eigenvalue weighted by Gasteiger charge is -2.25. The summed E-state index contributed by atoms with van der Waals surface area (Å²) in [6, 6.07) is 0. The van der Waals surface area contributed by atoms with Crippen LogP contribution < -0.4 is 0 Å². The quantitative estimate of drug-likeness (QED) is 0.796. The third-order valence-corrected chi connectivity index (χ3v) is 5.57. The first-order valence-corrected chi connectivity index (χ1v) is 8.37. The van der Waals surface area contributed by atoms with Gasteiger partial charge in [-0.05, 0) is 32.6 Å². The molecule has 0 aliphatic carbocycles. The zero-order valence-corrected chi connectivity index (χ0v) is 13.4. The second-order valence-corrected chi connectivity index (χ2v) is 7.22. The van der Waals surface area contributed by atoms with Gasteiger partial charge in [-0.15, -0.1) is 11.3 Å². The number of hydrogen-bond acceptors (Lipinski definition) is 4. The largest absolute Gasteiger partial charge is 0.345 e. The van der Waals surface area contributed by atoms with Crippen LogP contribution in [0.5, 0.6) is 0 Å². The number of hydrogen-bond donors (Lipinski definition) is 0. The van der Waals surface area contributed by atoms with Gasteiger partial charge >= 0.3 is 0 Å². The number of amides is 2. The lowest BCUT2D eigenvalue weighted by Crippen LogP contribution is -2.35. The highest BCUT2D eigenvalue weighted by atomic mass is 32.1. The molecule has 5 nitrogen and oxygen atoms in total. The zero-order chi connectivity index (χ0) is 15.0. The van der Waals surface area contributed by atoms with E-state index >= 15 is 0 Å². The maximum Gasteiger partial charge on any atom is 0.273 e. The van der Waals surface area contributed by atoms with E-state index in [1.54, 1.807) is 0 Å². The Bertz CT molecular complexity index is 571. The minimum atomic E-state index is -0.220. The van der Waals surface area contributed by atoms with Crippen molar-refractivity contribution in [2.75, 3.05) is 26.7 Å². The van der Waals surface area contributed by atoms with Crippen molar-refractivity contribution in [3.8, 4) is 0 Å². The fourth-order valence-corrected chi connectivity index (χ4v) is 4.07. The van der Waals surface area contributed by atoms with Gasteiger partial charge < -0.3 is 9.80 Å². The van der Waals surface area contributed by atoms with E-state index in [0.717, 1.165) is 43.8 Å². The van der Waals surface area contributed by atoms with Crippen LogP contribution in [-0.2, 0) is 4.79 Å². The molecule has 1 aromatic heterocycles. The Labute approximate surface area is 129 Å². The molecule has 0 saturated carbocycles. The summed E-state index contributed by atoms with van der Waals surface area (Å²) >= 11 is 1.50. The van der Waals surface area contributed by atoms with E-state index in [9.17, 15) is 9.59 Å². The van der Waals surface area contributed by atoms with E-state index in [-0.39, 0.29) is 17.2 Å². The van der Waals surface area contributed by atoms with Crippen molar-refractivity contribution in [3.05, 3.63) is 16.1 Å². The van der Waals surface area contributed by atoms with E-state index in [1.165, 1.54) is 11.3 Å². The molecule has 0 aromatic carbocycles. The molecule has 2 saturated heterocycles. The van der Waals surface area contributed by atoms with Gasteiger partial charge in [-0.3, -0.25) is 9.59 Å². The molecule has 114 valence electrons. The first kappa shape index (κ1) is 14.5. The number of carbonyl (C=O) groups is 2. The molecule has 2 amide bonds. The van der Waals surface area contributed by atoms with Crippen LogP contribution in [0.4, 0.5) is 0 Å². The van der Waals surface area contributed by atoms with E-state index in [2.05, 4.69) is 4.98 Å². The summed E-state index contributed by atoms with van der Waals surface area (Å²) in [5, 5.41) is 2.74. The molecule has 1 unspecified atom stereocenters. The Hall–Kier alpha value is -1.43. The molecule has 21 heavy (non-hydrogen) atoms. The molecule has 2 aliphatic heterocycles. The van der Waals surface area contributed by atoms with E-state index in [0.29, 0.717) is 12.2 Å². The smallest absolute Gasteiger partial charge is 0.273 e. The first-order valence-electron chi connectivity index (χ1n) is 7.49. The number of carbonyl (C=O) groups excluding carboxylic acids is 2. The SMILES string of the molecule is Cc1nc(C(=O)N2CCCC3(CCN(C)C3=O)CC2)cs1. The van der Waals surface area contributed by atoms with Gasteiger partial charge in [0.05, 0.1) is 10.4 Å². The van der Waals surface area contributed by atoms with Crippen LogP contribution in [0.1, 0.15) is 41.2 Å². The van der Waals surface area contributed by atoms with Crippen LogP contribution >= 0.6 is 11.3 Å². The molecule has 0 N–H and O–H groups in total. The Morgan fingerprint density at radius 3 is 2.67 bits per heavy atom.